The first-order valence-electron chi connectivity index (χ1n) is 7.57. The van der Waals surface area contributed by atoms with E-state index in [1.807, 2.05) is 30.0 Å². The standard InChI is InChI=1S/C16H26N2O2S/c1-19-13-8-12(9-14(10-13)20-2)16(18-17)11-21-15-6-4-3-5-7-15/h8-10,15-16,18H,3-7,11,17H2,1-2H3. The summed E-state index contributed by atoms with van der Waals surface area (Å²) in [5.74, 6) is 8.33. The first kappa shape index (κ1) is 16.5. The predicted octanol–water partition coefficient (Wildman–Crippen LogP) is 3.27. The molecule has 1 fully saturated rings. The van der Waals surface area contributed by atoms with E-state index in [1.54, 1.807) is 14.2 Å². The minimum Gasteiger partial charge on any atom is -0.497 e. The van der Waals surface area contributed by atoms with Crippen molar-refractivity contribution in [3.8, 4) is 11.5 Å². The number of nitrogens with one attached hydrogen (secondary N) is 1. The summed E-state index contributed by atoms with van der Waals surface area (Å²) in [7, 11) is 3.33. The molecule has 1 atom stereocenters. The number of rotatable bonds is 7. The van der Waals surface area contributed by atoms with Gasteiger partial charge in [0.15, 0.2) is 0 Å². The third-order valence-corrected chi connectivity index (χ3v) is 5.50. The molecule has 0 aliphatic heterocycles. The fraction of sp³-hybridized carbons (Fsp3) is 0.625. The van der Waals surface area contributed by atoms with Crippen LogP contribution in [0.2, 0.25) is 0 Å². The molecule has 1 unspecified atom stereocenters. The fourth-order valence-corrected chi connectivity index (χ4v) is 4.16. The molecule has 2 rings (SSSR count). The lowest BCUT2D eigenvalue weighted by Crippen LogP contribution is -2.30. The Morgan fingerprint density at radius 2 is 1.76 bits per heavy atom. The van der Waals surface area contributed by atoms with Gasteiger partial charge in [0.05, 0.1) is 20.3 Å². The highest BCUT2D eigenvalue weighted by Gasteiger charge is 2.18. The van der Waals surface area contributed by atoms with E-state index in [1.165, 1.54) is 32.1 Å². The largest absolute Gasteiger partial charge is 0.497 e. The molecule has 1 aromatic carbocycles. The summed E-state index contributed by atoms with van der Waals surface area (Å²) < 4.78 is 10.7. The molecule has 1 aliphatic rings. The minimum absolute atomic E-state index is 0.112. The average molecular weight is 310 g/mol. The van der Waals surface area contributed by atoms with Gasteiger partial charge in [0, 0.05) is 17.1 Å². The topological polar surface area (TPSA) is 56.5 Å². The Kier molecular flexibility index (Phi) is 6.67. The highest BCUT2D eigenvalue weighted by atomic mass is 32.2. The van der Waals surface area contributed by atoms with Crippen molar-refractivity contribution in [3.05, 3.63) is 23.8 Å². The first-order chi connectivity index (χ1) is 10.3. The lowest BCUT2D eigenvalue weighted by molar-refractivity contribution is 0.392. The molecule has 1 aliphatic carbocycles. The Bertz CT molecular complexity index is 414. The smallest absolute Gasteiger partial charge is 0.122 e. The van der Waals surface area contributed by atoms with Crippen LogP contribution in [-0.4, -0.2) is 25.2 Å². The zero-order chi connectivity index (χ0) is 15.1. The van der Waals surface area contributed by atoms with Gasteiger partial charge >= 0.3 is 0 Å². The Balaban J connectivity index is 2.01. The molecule has 21 heavy (non-hydrogen) atoms. The molecule has 3 N–H and O–H groups in total. The number of hydrazine groups is 1. The average Bonchev–Trinajstić information content (AvgIpc) is 2.56. The zero-order valence-corrected chi connectivity index (χ0v) is 13.7. The number of benzene rings is 1. The number of hydrogen-bond acceptors (Lipinski definition) is 5. The van der Waals surface area contributed by atoms with Gasteiger partial charge in [0.2, 0.25) is 0 Å². The van der Waals surface area contributed by atoms with Gasteiger partial charge in [0.1, 0.15) is 11.5 Å². The third kappa shape index (κ3) is 4.80. The second-order valence-electron chi connectivity index (χ2n) is 5.46. The van der Waals surface area contributed by atoms with Crippen LogP contribution in [0.5, 0.6) is 11.5 Å². The quantitative estimate of drug-likeness (QED) is 0.598. The lowest BCUT2D eigenvalue weighted by Gasteiger charge is -2.24. The second kappa shape index (κ2) is 8.51. The number of methoxy groups -OCH3 is 2. The molecule has 118 valence electrons. The van der Waals surface area contributed by atoms with E-state index in [9.17, 15) is 0 Å². The molecule has 1 saturated carbocycles. The van der Waals surface area contributed by atoms with Crippen molar-refractivity contribution in [1.82, 2.24) is 5.43 Å². The van der Waals surface area contributed by atoms with E-state index in [4.69, 9.17) is 15.3 Å². The molecule has 4 nitrogen and oxygen atoms in total. The van der Waals surface area contributed by atoms with Crippen molar-refractivity contribution >= 4 is 11.8 Å². The second-order valence-corrected chi connectivity index (χ2v) is 6.79. The van der Waals surface area contributed by atoms with Gasteiger partial charge in [-0.3, -0.25) is 11.3 Å². The van der Waals surface area contributed by atoms with Crippen molar-refractivity contribution < 1.29 is 9.47 Å². The normalized spacial score (nSPS) is 17.5. The van der Waals surface area contributed by atoms with Crippen LogP contribution in [-0.2, 0) is 0 Å². The van der Waals surface area contributed by atoms with Gasteiger partial charge < -0.3 is 9.47 Å². The van der Waals surface area contributed by atoms with Gasteiger partial charge in [-0.1, -0.05) is 19.3 Å². The maximum absolute atomic E-state index is 5.76. The van der Waals surface area contributed by atoms with Crippen molar-refractivity contribution in [2.45, 2.75) is 43.4 Å². The van der Waals surface area contributed by atoms with Crippen LogP contribution in [0.1, 0.15) is 43.7 Å². The summed E-state index contributed by atoms with van der Waals surface area (Å²) in [4.78, 5) is 0. The molecule has 1 aromatic rings. The summed E-state index contributed by atoms with van der Waals surface area (Å²) in [5.41, 5.74) is 4.04. The molecule has 0 radical (unpaired) electrons. The molecule has 0 amide bonds. The zero-order valence-electron chi connectivity index (χ0n) is 12.9. The molecular formula is C16H26N2O2S. The molecular weight excluding hydrogens is 284 g/mol. The molecule has 0 heterocycles. The van der Waals surface area contributed by atoms with E-state index < -0.39 is 0 Å². The minimum atomic E-state index is 0.112. The fourth-order valence-electron chi connectivity index (χ4n) is 2.74. The van der Waals surface area contributed by atoms with Crippen molar-refractivity contribution in [2.75, 3.05) is 20.0 Å². The van der Waals surface area contributed by atoms with Crippen LogP contribution in [0, 0.1) is 0 Å². The number of thioether (sulfide) groups is 1. The van der Waals surface area contributed by atoms with Crippen LogP contribution in [0.25, 0.3) is 0 Å². The third-order valence-electron chi connectivity index (χ3n) is 4.03. The van der Waals surface area contributed by atoms with E-state index >= 15 is 0 Å². The van der Waals surface area contributed by atoms with Gasteiger partial charge in [0.25, 0.3) is 0 Å². The molecule has 0 aromatic heterocycles. The van der Waals surface area contributed by atoms with Crippen molar-refractivity contribution in [3.63, 3.8) is 0 Å². The number of hydrogen-bond donors (Lipinski definition) is 2. The Hall–Kier alpha value is -0.910. The molecule has 0 saturated heterocycles. The maximum atomic E-state index is 5.76. The monoisotopic (exact) mass is 310 g/mol. The maximum Gasteiger partial charge on any atom is 0.122 e. The van der Waals surface area contributed by atoms with Gasteiger partial charge in [-0.2, -0.15) is 11.8 Å². The molecule has 0 bridgehead atoms. The van der Waals surface area contributed by atoms with E-state index in [-0.39, 0.29) is 6.04 Å². The van der Waals surface area contributed by atoms with E-state index in [0.717, 1.165) is 28.1 Å². The van der Waals surface area contributed by atoms with Crippen LogP contribution in [0.3, 0.4) is 0 Å². The predicted molar refractivity (Wildman–Crippen MR) is 88.9 cm³/mol. The summed E-state index contributed by atoms with van der Waals surface area (Å²) in [6.07, 6.45) is 6.80. The van der Waals surface area contributed by atoms with Crippen molar-refractivity contribution in [1.29, 1.82) is 0 Å². The van der Waals surface area contributed by atoms with Gasteiger partial charge in [-0.05, 0) is 30.5 Å². The highest BCUT2D eigenvalue weighted by Crippen LogP contribution is 2.32. The summed E-state index contributed by atoms with van der Waals surface area (Å²) in [6.45, 7) is 0. The summed E-state index contributed by atoms with van der Waals surface area (Å²) >= 11 is 2.03. The van der Waals surface area contributed by atoms with E-state index in [0.29, 0.717) is 0 Å². The Morgan fingerprint density at radius 1 is 1.14 bits per heavy atom. The summed E-state index contributed by atoms with van der Waals surface area (Å²) in [6, 6.07) is 6.04. The first-order valence-corrected chi connectivity index (χ1v) is 8.62. The molecule has 5 heteroatoms. The summed E-state index contributed by atoms with van der Waals surface area (Å²) in [5, 5.41) is 0.780. The van der Waals surface area contributed by atoms with Gasteiger partial charge in [-0.25, -0.2) is 0 Å². The SMILES string of the molecule is COc1cc(OC)cc(C(CSC2CCCCC2)NN)c1. The van der Waals surface area contributed by atoms with Crippen molar-refractivity contribution in [2.24, 2.45) is 5.84 Å². The van der Waals surface area contributed by atoms with Crippen LogP contribution < -0.4 is 20.7 Å². The van der Waals surface area contributed by atoms with Crippen LogP contribution in [0.4, 0.5) is 0 Å². The van der Waals surface area contributed by atoms with Crippen LogP contribution >= 0.6 is 11.8 Å². The van der Waals surface area contributed by atoms with E-state index in [2.05, 4.69) is 5.43 Å². The Morgan fingerprint density at radius 3 is 2.29 bits per heavy atom. The number of ether oxygens (including phenoxy) is 2. The lowest BCUT2D eigenvalue weighted by atomic mass is 10.0. The molecule has 0 spiro atoms. The Labute approximate surface area is 131 Å². The number of nitrogens with two attached hydrogens (primary N) is 1. The van der Waals surface area contributed by atoms with Gasteiger partial charge in [-0.15, -0.1) is 0 Å². The van der Waals surface area contributed by atoms with Crippen LogP contribution in [0.15, 0.2) is 18.2 Å². The highest BCUT2D eigenvalue weighted by molar-refractivity contribution is 7.99.